The molecular weight excluding hydrogens is 274 g/mol. The highest BCUT2D eigenvalue weighted by atomic mass is 32.2. The molecular formula is C14H23N3O2S. The van der Waals surface area contributed by atoms with Gasteiger partial charge in [-0.25, -0.2) is 8.42 Å². The van der Waals surface area contributed by atoms with E-state index in [1.165, 1.54) is 0 Å². The van der Waals surface area contributed by atoms with Crippen molar-refractivity contribution in [2.45, 2.75) is 30.8 Å². The van der Waals surface area contributed by atoms with E-state index >= 15 is 0 Å². The van der Waals surface area contributed by atoms with Crippen LogP contribution in [-0.2, 0) is 10.0 Å². The van der Waals surface area contributed by atoms with Crippen LogP contribution in [0, 0.1) is 0 Å². The van der Waals surface area contributed by atoms with Gasteiger partial charge in [0.2, 0.25) is 10.0 Å². The number of hydrogen-bond acceptors (Lipinski definition) is 4. The van der Waals surface area contributed by atoms with Gasteiger partial charge in [0.25, 0.3) is 0 Å². The van der Waals surface area contributed by atoms with Crippen molar-refractivity contribution in [3.05, 3.63) is 29.8 Å². The van der Waals surface area contributed by atoms with Crippen LogP contribution in [0.15, 0.2) is 29.2 Å². The second-order valence-electron chi connectivity index (χ2n) is 5.58. The van der Waals surface area contributed by atoms with Crippen molar-refractivity contribution < 1.29 is 8.42 Å². The minimum absolute atomic E-state index is 0.00754. The van der Waals surface area contributed by atoms with E-state index in [-0.39, 0.29) is 12.1 Å². The summed E-state index contributed by atoms with van der Waals surface area (Å²) >= 11 is 0. The van der Waals surface area contributed by atoms with Crippen LogP contribution >= 0.6 is 0 Å². The molecule has 112 valence electrons. The van der Waals surface area contributed by atoms with Crippen molar-refractivity contribution in [1.29, 1.82) is 0 Å². The first-order chi connectivity index (χ1) is 9.32. The number of nitrogens with two attached hydrogens (primary N) is 1. The molecule has 6 heteroatoms. The Hall–Kier alpha value is -0.950. The second kappa shape index (κ2) is 5.81. The second-order valence-corrected chi connectivity index (χ2v) is 7.48. The topological polar surface area (TPSA) is 66.6 Å². The standard InChI is InChI=1S/C14H23N3O2S/c1-11-10-16(3)8-9-17(11)20(18,19)14-6-4-13(5-7-14)12(2)15/h4-7,11-12H,8-10,15H2,1-3H3. The largest absolute Gasteiger partial charge is 0.324 e. The Kier molecular flexibility index (Phi) is 4.49. The summed E-state index contributed by atoms with van der Waals surface area (Å²) in [5, 5.41) is 0. The van der Waals surface area contributed by atoms with Crippen molar-refractivity contribution in [3.63, 3.8) is 0 Å². The van der Waals surface area contributed by atoms with Gasteiger partial charge in [-0.15, -0.1) is 0 Å². The van der Waals surface area contributed by atoms with Crippen molar-refractivity contribution >= 4 is 10.0 Å². The lowest BCUT2D eigenvalue weighted by Crippen LogP contribution is -2.52. The van der Waals surface area contributed by atoms with Crippen LogP contribution in [0.3, 0.4) is 0 Å². The number of nitrogens with zero attached hydrogens (tertiary/aromatic N) is 2. The molecule has 0 aromatic heterocycles. The minimum Gasteiger partial charge on any atom is -0.324 e. The lowest BCUT2D eigenvalue weighted by molar-refractivity contribution is 0.170. The quantitative estimate of drug-likeness (QED) is 0.905. The molecule has 0 radical (unpaired) electrons. The number of hydrogen-bond donors (Lipinski definition) is 1. The molecule has 20 heavy (non-hydrogen) atoms. The number of sulfonamides is 1. The van der Waals surface area contributed by atoms with Crippen molar-refractivity contribution in [2.24, 2.45) is 5.73 Å². The average Bonchev–Trinajstić information content (AvgIpc) is 2.38. The number of likely N-dealkylation sites (N-methyl/N-ethyl adjacent to an activating group) is 1. The number of piperazine rings is 1. The number of benzene rings is 1. The predicted molar refractivity (Wildman–Crippen MR) is 79.9 cm³/mol. The Balaban J connectivity index is 2.26. The first-order valence-electron chi connectivity index (χ1n) is 6.88. The molecule has 2 atom stereocenters. The summed E-state index contributed by atoms with van der Waals surface area (Å²) in [5.41, 5.74) is 6.73. The van der Waals surface area contributed by atoms with Gasteiger partial charge in [-0.1, -0.05) is 12.1 Å². The normalized spacial score (nSPS) is 23.7. The highest BCUT2D eigenvalue weighted by Gasteiger charge is 2.32. The SMILES string of the molecule is CC(N)c1ccc(S(=O)(=O)N2CCN(C)CC2C)cc1. The lowest BCUT2D eigenvalue weighted by Gasteiger charge is -2.37. The highest BCUT2D eigenvalue weighted by Crippen LogP contribution is 2.22. The molecule has 1 aliphatic heterocycles. The molecule has 1 heterocycles. The van der Waals surface area contributed by atoms with Crippen LogP contribution in [0.1, 0.15) is 25.5 Å². The van der Waals surface area contributed by atoms with Crippen LogP contribution in [0.4, 0.5) is 0 Å². The van der Waals surface area contributed by atoms with Gasteiger partial charge < -0.3 is 10.6 Å². The Morgan fingerprint density at radius 2 is 1.85 bits per heavy atom. The van der Waals surface area contributed by atoms with E-state index in [1.54, 1.807) is 28.6 Å². The molecule has 2 N–H and O–H groups in total. The van der Waals surface area contributed by atoms with Crippen LogP contribution < -0.4 is 5.73 Å². The van der Waals surface area contributed by atoms with Gasteiger partial charge in [-0.05, 0) is 38.6 Å². The van der Waals surface area contributed by atoms with Gasteiger partial charge in [0.1, 0.15) is 0 Å². The van der Waals surface area contributed by atoms with Crippen LogP contribution in [0.2, 0.25) is 0 Å². The fourth-order valence-corrected chi connectivity index (χ4v) is 4.17. The molecule has 0 bridgehead atoms. The zero-order valence-electron chi connectivity index (χ0n) is 12.3. The van der Waals surface area contributed by atoms with Crippen LogP contribution in [0.5, 0.6) is 0 Å². The van der Waals surface area contributed by atoms with Crippen LogP contribution in [0.25, 0.3) is 0 Å². The van der Waals surface area contributed by atoms with Crippen LogP contribution in [-0.4, -0.2) is 50.3 Å². The summed E-state index contributed by atoms with van der Waals surface area (Å²) in [6, 6.07) is 6.79. The summed E-state index contributed by atoms with van der Waals surface area (Å²) in [6.07, 6.45) is 0. The summed E-state index contributed by atoms with van der Waals surface area (Å²) < 4.78 is 26.9. The zero-order valence-corrected chi connectivity index (χ0v) is 13.1. The summed E-state index contributed by atoms with van der Waals surface area (Å²) in [6.45, 7) is 5.89. The van der Waals surface area contributed by atoms with Gasteiger partial charge in [0, 0.05) is 31.7 Å². The van der Waals surface area contributed by atoms with E-state index in [1.807, 2.05) is 20.9 Å². The van der Waals surface area contributed by atoms with Crippen molar-refractivity contribution in [2.75, 3.05) is 26.7 Å². The van der Waals surface area contributed by atoms with E-state index in [4.69, 9.17) is 5.73 Å². The Morgan fingerprint density at radius 1 is 1.25 bits per heavy atom. The Labute approximate surface area is 121 Å². The van der Waals surface area contributed by atoms with Gasteiger partial charge in [-0.3, -0.25) is 0 Å². The lowest BCUT2D eigenvalue weighted by atomic mass is 10.1. The third-order valence-corrected chi connectivity index (χ3v) is 5.81. The Bertz CT molecular complexity index is 554. The van der Waals surface area contributed by atoms with Gasteiger partial charge in [0.15, 0.2) is 0 Å². The maximum absolute atomic E-state index is 12.7. The molecule has 0 saturated carbocycles. The Morgan fingerprint density at radius 3 is 2.35 bits per heavy atom. The molecule has 2 unspecified atom stereocenters. The molecule has 1 aliphatic rings. The van der Waals surface area contributed by atoms with E-state index in [2.05, 4.69) is 4.90 Å². The predicted octanol–water partition coefficient (Wildman–Crippen LogP) is 1.03. The molecule has 1 fully saturated rings. The average molecular weight is 297 g/mol. The maximum atomic E-state index is 12.7. The van der Waals surface area contributed by atoms with Crippen molar-refractivity contribution in [3.8, 4) is 0 Å². The van der Waals surface area contributed by atoms with E-state index in [0.29, 0.717) is 11.4 Å². The molecule has 5 nitrogen and oxygen atoms in total. The number of rotatable bonds is 3. The summed E-state index contributed by atoms with van der Waals surface area (Å²) in [5.74, 6) is 0. The molecule has 0 amide bonds. The molecule has 2 rings (SSSR count). The fraction of sp³-hybridized carbons (Fsp3) is 0.571. The van der Waals surface area contributed by atoms with Gasteiger partial charge in [0.05, 0.1) is 4.90 Å². The zero-order chi connectivity index (χ0) is 14.9. The molecule has 0 spiro atoms. The first-order valence-corrected chi connectivity index (χ1v) is 8.32. The fourth-order valence-electron chi connectivity index (χ4n) is 2.56. The molecule has 1 saturated heterocycles. The third kappa shape index (κ3) is 3.03. The molecule has 0 aliphatic carbocycles. The van der Waals surface area contributed by atoms with E-state index in [9.17, 15) is 8.42 Å². The first kappa shape index (κ1) is 15.4. The summed E-state index contributed by atoms with van der Waals surface area (Å²) in [4.78, 5) is 2.49. The van der Waals surface area contributed by atoms with Gasteiger partial charge >= 0.3 is 0 Å². The van der Waals surface area contributed by atoms with E-state index in [0.717, 1.165) is 18.7 Å². The highest BCUT2D eigenvalue weighted by molar-refractivity contribution is 7.89. The smallest absolute Gasteiger partial charge is 0.243 e. The van der Waals surface area contributed by atoms with Gasteiger partial charge in [-0.2, -0.15) is 4.31 Å². The summed E-state index contributed by atoms with van der Waals surface area (Å²) in [7, 11) is -1.40. The molecule has 1 aromatic carbocycles. The van der Waals surface area contributed by atoms with E-state index < -0.39 is 10.0 Å². The maximum Gasteiger partial charge on any atom is 0.243 e. The third-order valence-electron chi connectivity index (χ3n) is 3.78. The van der Waals surface area contributed by atoms with Crippen molar-refractivity contribution in [1.82, 2.24) is 9.21 Å². The monoisotopic (exact) mass is 297 g/mol. The minimum atomic E-state index is -3.41. The molecule has 1 aromatic rings.